The zero-order valence-corrected chi connectivity index (χ0v) is 13.0. The maximum Gasteiger partial charge on any atom is 0.231 e. The molecule has 0 bridgehead atoms. The predicted octanol–water partition coefficient (Wildman–Crippen LogP) is 2.11. The molecule has 0 amide bonds. The molecule has 0 unspecified atom stereocenters. The molecule has 2 saturated heterocycles. The number of benzene rings is 1. The molecule has 1 aromatic rings. The second kappa shape index (κ2) is 4.20. The highest BCUT2D eigenvalue weighted by Crippen LogP contribution is 2.49. The molecule has 5 rings (SSSR count). The smallest absolute Gasteiger partial charge is 0.231 e. The quantitative estimate of drug-likeness (QED) is 0.779. The minimum Gasteiger partial charge on any atom is -0.462 e. The molecule has 6 nitrogen and oxygen atoms in total. The molecule has 6 heteroatoms. The third-order valence-electron chi connectivity index (χ3n) is 4.65. The normalized spacial score (nSPS) is 29.8. The maximum absolute atomic E-state index is 12.2. The van der Waals surface area contributed by atoms with Gasteiger partial charge in [0.15, 0.2) is 29.1 Å². The molecule has 120 valence electrons. The van der Waals surface area contributed by atoms with E-state index in [0.717, 1.165) is 29.3 Å². The topological polar surface area (TPSA) is 57.0 Å². The van der Waals surface area contributed by atoms with E-state index in [-0.39, 0.29) is 18.6 Å². The van der Waals surface area contributed by atoms with Crippen molar-refractivity contribution in [1.82, 2.24) is 4.90 Å². The van der Waals surface area contributed by atoms with Crippen LogP contribution in [0.2, 0.25) is 0 Å². The van der Waals surface area contributed by atoms with Gasteiger partial charge in [0.1, 0.15) is 0 Å². The fourth-order valence-corrected chi connectivity index (χ4v) is 3.53. The third-order valence-corrected chi connectivity index (χ3v) is 4.65. The summed E-state index contributed by atoms with van der Waals surface area (Å²) in [4.78, 5) is 14.4. The SMILES string of the molecule is CC1(C)OC2=C(N3C[C@H]3c3ccc4c(c3)OCO4)CC(=O)[C@H]2O1. The summed E-state index contributed by atoms with van der Waals surface area (Å²) in [6.07, 6.45) is -0.144. The summed E-state index contributed by atoms with van der Waals surface area (Å²) in [5, 5.41) is 0. The highest BCUT2D eigenvalue weighted by molar-refractivity contribution is 5.91. The molecule has 2 atom stereocenters. The van der Waals surface area contributed by atoms with Crippen molar-refractivity contribution in [1.29, 1.82) is 0 Å². The first-order valence-electron chi connectivity index (χ1n) is 7.81. The summed E-state index contributed by atoms with van der Waals surface area (Å²) in [7, 11) is 0. The van der Waals surface area contributed by atoms with Crippen LogP contribution in [0.1, 0.15) is 31.9 Å². The number of carbonyl (C=O) groups excluding carboxylic acids is 1. The highest BCUT2D eigenvalue weighted by atomic mass is 16.7. The minimum absolute atomic E-state index is 0.0805. The molecule has 1 aromatic carbocycles. The highest BCUT2D eigenvalue weighted by Gasteiger charge is 2.52. The molecule has 23 heavy (non-hydrogen) atoms. The zero-order valence-electron chi connectivity index (χ0n) is 13.0. The van der Waals surface area contributed by atoms with E-state index >= 15 is 0 Å². The van der Waals surface area contributed by atoms with Crippen LogP contribution < -0.4 is 9.47 Å². The molecule has 0 aromatic heterocycles. The molecular weight excluding hydrogens is 298 g/mol. The lowest BCUT2D eigenvalue weighted by molar-refractivity contribution is -0.151. The summed E-state index contributed by atoms with van der Waals surface area (Å²) in [6, 6.07) is 6.26. The van der Waals surface area contributed by atoms with Gasteiger partial charge in [-0.2, -0.15) is 0 Å². The van der Waals surface area contributed by atoms with Gasteiger partial charge in [0.25, 0.3) is 0 Å². The molecule has 0 saturated carbocycles. The van der Waals surface area contributed by atoms with Crippen molar-refractivity contribution >= 4 is 5.78 Å². The Kier molecular flexibility index (Phi) is 2.42. The first-order valence-corrected chi connectivity index (χ1v) is 7.81. The number of fused-ring (bicyclic) bond motifs is 2. The van der Waals surface area contributed by atoms with Crippen LogP contribution in [0.4, 0.5) is 0 Å². The Morgan fingerprint density at radius 3 is 2.91 bits per heavy atom. The van der Waals surface area contributed by atoms with Gasteiger partial charge >= 0.3 is 0 Å². The number of Topliss-reactive ketones (excluding diaryl/α,β-unsaturated/α-hetero) is 1. The Morgan fingerprint density at radius 1 is 1.22 bits per heavy atom. The van der Waals surface area contributed by atoms with Gasteiger partial charge in [0.2, 0.25) is 12.6 Å². The Hall–Kier alpha value is -2.21. The molecule has 2 fully saturated rings. The Labute approximate surface area is 133 Å². The number of ether oxygens (including phenoxy) is 4. The van der Waals surface area contributed by atoms with E-state index in [1.807, 2.05) is 32.0 Å². The second-order valence-corrected chi connectivity index (χ2v) is 6.73. The first-order chi connectivity index (χ1) is 11.0. The molecule has 0 spiro atoms. The van der Waals surface area contributed by atoms with Gasteiger partial charge in [-0.1, -0.05) is 6.07 Å². The first kappa shape index (κ1) is 13.2. The Bertz CT molecular complexity index is 753. The standard InChI is InChI=1S/C17H17NO5/c1-17(2)22-15-10(6-12(19)16(15)23-17)18-7-11(18)9-3-4-13-14(5-9)21-8-20-13/h3-5,11,16H,6-8H2,1-2H3/t11-,16+,18?/m0/s1. The molecule has 3 heterocycles. The third kappa shape index (κ3) is 1.94. The summed E-state index contributed by atoms with van der Waals surface area (Å²) < 4.78 is 22.4. The van der Waals surface area contributed by atoms with E-state index in [1.165, 1.54) is 0 Å². The molecule has 1 aliphatic carbocycles. The summed E-state index contributed by atoms with van der Waals surface area (Å²) in [5.74, 6) is 1.62. The van der Waals surface area contributed by atoms with E-state index in [9.17, 15) is 4.79 Å². The van der Waals surface area contributed by atoms with Crippen LogP contribution in [0.5, 0.6) is 11.5 Å². The van der Waals surface area contributed by atoms with E-state index in [1.54, 1.807) is 0 Å². The predicted molar refractivity (Wildman–Crippen MR) is 78.7 cm³/mol. The van der Waals surface area contributed by atoms with Gasteiger partial charge in [-0.3, -0.25) is 4.79 Å². The van der Waals surface area contributed by atoms with Crippen molar-refractivity contribution in [2.24, 2.45) is 0 Å². The van der Waals surface area contributed by atoms with Gasteiger partial charge in [-0.25, -0.2) is 0 Å². The maximum atomic E-state index is 12.2. The molecular formula is C17H17NO5. The van der Waals surface area contributed by atoms with Gasteiger partial charge < -0.3 is 23.8 Å². The monoisotopic (exact) mass is 315 g/mol. The van der Waals surface area contributed by atoms with E-state index < -0.39 is 11.9 Å². The number of allylic oxidation sites excluding steroid dienone is 1. The Balaban J connectivity index is 1.42. The van der Waals surface area contributed by atoms with Crippen molar-refractivity contribution in [2.45, 2.75) is 38.2 Å². The Morgan fingerprint density at radius 2 is 2.04 bits per heavy atom. The number of nitrogens with zero attached hydrogens (tertiary/aromatic N) is 1. The average molecular weight is 315 g/mol. The van der Waals surface area contributed by atoms with Gasteiger partial charge in [-0.05, 0) is 17.7 Å². The van der Waals surface area contributed by atoms with Crippen molar-refractivity contribution in [3.05, 3.63) is 35.2 Å². The van der Waals surface area contributed by atoms with Crippen molar-refractivity contribution in [2.75, 3.05) is 13.3 Å². The zero-order chi connectivity index (χ0) is 15.8. The van der Waals surface area contributed by atoms with Gasteiger partial charge in [0, 0.05) is 20.4 Å². The van der Waals surface area contributed by atoms with Crippen molar-refractivity contribution in [3.8, 4) is 11.5 Å². The largest absolute Gasteiger partial charge is 0.462 e. The second-order valence-electron chi connectivity index (χ2n) is 6.73. The van der Waals surface area contributed by atoms with E-state index in [2.05, 4.69) is 4.90 Å². The van der Waals surface area contributed by atoms with Crippen molar-refractivity contribution in [3.63, 3.8) is 0 Å². The molecule has 0 N–H and O–H groups in total. The van der Waals surface area contributed by atoms with E-state index in [0.29, 0.717) is 12.2 Å². The summed E-state index contributed by atoms with van der Waals surface area (Å²) >= 11 is 0. The lowest BCUT2D eigenvalue weighted by Crippen LogP contribution is -2.25. The van der Waals surface area contributed by atoms with Gasteiger partial charge in [-0.15, -0.1) is 0 Å². The average Bonchev–Trinajstić information content (AvgIpc) is 2.88. The van der Waals surface area contributed by atoms with Crippen LogP contribution in [0.15, 0.2) is 29.7 Å². The number of hydrogen-bond donors (Lipinski definition) is 0. The van der Waals surface area contributed by atoms with E-state index in [4.69, 9.17) is 18.9 Å². The van der Waals surface area contributed by atoms with Crippen LogP contribution in [-0.4, -0.2) is 35.9 Å². The fourth-order valence-electron chi connectivity index (χ4n) is 3.53. The van der Waals surface area contributed by atoms with Crippen molar-refractivity contribution < 1.29 is 23.7 Å². The summed E-state index contributed by atoms with van der Waals surface area (Å²) in [6.45, 7) is 4.82. The molecule has 0 radical (unpaired) electrons. The van der Waals surface area contributed by atoms with Crippen LogP contribution in [-0.2, 0) is 14.3 Å². The number of rotatable bonds is 2. The molecule has 4 aliphatic rings. The van der Waals surface area contributed by atoms with Gasteiger partial charge in [0.05, 0.1) is 18.2 Å². The lowest BCUT2D eigenvalue weighted by atomic mass is 10.1. The number of ketones is 1. The lowest BCUT2D eigenvalue weighted by Gasteiger charge is -2.18. The fraction of sp³-hybridized carbons (Fsp3) is 0.471. The number of carbonyl (C=O) groups is 1. The molecule has 3 aliphatic heterocycles. The van der Waals surface area contributed by atoms with Crippen LogP contribution in [0.3, 0.4) is 0 Å². The minimum atomic E-state index is -0.731. The van der Waals surface area contributed by atoms with Crippen LogP contribution >= 0.6 is 0 Å². The summed E-state index contributed by atoms with van der Waals surface area (Å²) in [5.41, 5.74) is 2.13. The van der Waals surface area contributed by atoms with Crippen LogP contribution in [0.25, 0.3) is 0 Å². The van der Waals surface area contributed by atoms with Crippen LogP contribution in [0, 0.1) is 0 Å². The number of hydrogen-bond acceptors (Lipinski definition) is 6.